The SMILES string of the molecule is O=C(Nc1cccc2cc(Br)cnc12)c1cccnc1Br. The first-order valence-electron chi connectivity index (χ1n) is 6.11. The summed E-state index contributed by atoms with van der Waals surface area (Å²) in [5, 5.41) is 3.83. The number of nitrogens with zero attached hydrogens (tertiary/aromatic N) is 2. The number of hydrogen-bond acceptors (Lipinski definition) is 3. The van der Waals surface area contributed by atoms with Gasteiger partial charge < -0.3 is 5.32 Å². The van der Waals surface area contributed by atoms with Crippen molar-refractivity contribution in [2.45, 2.75) is 0 Å². The maximum atomic E-state index is 12.3. The van der Waals surface area contributed by atoms with Crippen molar-refractivity contribution in [3.05, 3.63) is 63.4 Å². The van der Waals surface area contributed by atoms with E-state index in [0.717, 1.165) is 15.4 Å². The smallest absolute Gasteiger partial charge is 0.258 e. The Morgan fingerprint density at radius 3 is 2.76 bits per heavy atom. The summed E-state index contributed by atoms with van der Waals surface area (Å²) in [7, 11) is 0. The molecule has 1 N–H and O–H groups in total. The van der Waals surface area contributed by atoms with Crippen LogP contribution in [0, 0.1) is 0 Å². The molecule has 0 fully saturated rings. The van der Waals surface area contributed by atoms with Crippen molar-refractivity contribution in [3.8, 4) is 0 Å². The normalized spacial score (nSPS) is 10.6. The Morgan fingerprint density at radius 2 is 1.95 bits per heavy atom. The number of carbonyl (C=O) groups is 1. The van der Waals surface area contributed by atoms with Gasteiger partial charge in [-0.2, -0.15) is 0 Å². The van der Waals surface area contributed by atoms with Gasteiger partial charge in [-0.05, 0) is 56.1 Å². The lowest BCUT2D eigenvalue weighted by molar-refractivity contribution is 0.102. The largest absolute Gasteiger partial charge is 0.320 e. The zero-order chi connectivity index (χ0) is 14.8. The van der Waals surface area contributed by atoms with Crippen molar-refractivity contribution < 1.29 is 4.79 Å². The lowest BCUT2D eigenvalue weighted by Gasteiger charge is -2.09. The highest BCUT2D eigenvalue weighted by atomic mass is 79.9. The molecule has 0 unspecified atom stereocenters. The molecule has 0 saturated heterocycles. The zero-order valence-corrected chi connectivity index (χ0v) is 13.8. The minimum atomic E-state index is -0.229. The average Bonchev–Trinajstić information content (AvgIpc) is 2.47. The number of amides is 1. The lowest BCUT2D eigenvalue weighted by Crippen LogP contribution is -2.13. The van der Waals surface area contributed by atoms with Crippen LogP contribution >= 0.6 is 31.9 Å². The summed E-state index contributed by atoms with van der Waals surface area (Å²) in [5.41, 5.74) is 1.89. The molecule has 1 aromatic carbocycles. The van der Waals surface area contributed by atoms with Gasteiger partial charge in [0.15, 0.2) is 0 Å². The molecular formula is C15H9Br2N3O. The Kier molecular flexibility index (Phi) is 3.98. The van der Waals surface area contributed by atoms with Crippen LogP contribution in [0.3, 0.4) is 0 Å². The Balaban J connectivity index is 1.99. The number of halogens is 2. The molecule has 0 aliphatic rings. The van der Waals surface area contributed by atoms with E-state index in [0.29, 0.717) is 15.9 Å². The average molecular weight is 407 g/mol. The molecule has 0 bridgehead atoms. The van der Waals surface area contributed by atoms with Gasteiger partial charge in [0, 0.05) is 22.3 Å². The van der Waals surface area contributed by atoms with E-state index < -0.39 is 0 Å². The first-order chi connectivity index (χ1) is 10.1. The van der Waals surface area contributed by atoms with Crippen LogP contribution in [-0.4, -0.2) is 15.9 Å². The molecule has 21 heavy (non-hydrogen) atoms. The topological polar surface area (TPSA) is 54.9 Å². The lowest BCUT2D eigenvalue weighted by atomic mass is 10.2. The molecule has 3 aromatic rings. The van der Waals surface area contributed by atoms with Crippen molar-refractivity contribution in [2.75, 3.05) is 5.32 Å². The standard InChI is InChI=1S/C15H9Br2N3O/c16-10-7-9-3-1-5-12(13(9)19-8-10)20-15(21)11-4-2-6-18-14(11)17/h1-8H,(H,20,21). The molecule has 2 heterocycles. The van der Waals surface area contributed by atoms with E-state index in [2.05, 4.69) is 47.1 Å². The van der Waals surface area contributed by atoms with Gasteiger partial charge in [0.2, 0.25) is 0 Å². The number of rotatable bonds is 2. The van der Waals surface area contributed by atoms with Gasteiger partial charge in [-0.3, -0.25) is 9.78 Å². The molecule has 104 valence electrons. The van der Waals surface area contributed by atoms with Crippen molar-refractivity contribution in [1.82, 2.24) is 9.97 Å². The second-order valence-corrected chi connectivity index (χ2v) is 5.99. The highest BCUT2D eigenvalue weighted by Crippen LogP contribution is 2.25. The molecule has 0 aliphatic carbocycles. The number of benzene rings is 1. The zero-order valence-electron chi connectivity index (χ0n) is 10.7. The molecular weight excluding hydrogens is 398 g/mol. The molecule has 3 rings (SSSR count). The number of anilines is 1. The molecule has 0 saturated carbocycles. The molecule has 2 aromatic heterocycles. The number of nitrogens with one attached hydrogen (secondary N) is 1. The van der Waals surface area contributed by atoms with E-state index >= 15 is 0 Å². The quantitative estimate of drug-likeness (QED) is 0.641. The summed E-state index contributed by atoms with van der Waals surface area (Å²) in [6.45, 7) is 0. The molecule has 0 spiro atoms. The third-order valence-corrected chi connectivity index (χ3v) is 4.00. The van der Waals surface area contributed by atoms with Crippen molar-refractivity contribution in [3.63, 3.8) is 0 Å². The summed E-state index contributed by atoms with van der Waals surface area (Å²) in [6.07, 6.45) is 3.33. The Morgan fingerprint density at radius 1 is 1.10 bits per heavy atom. The van der Waals surface area contributed by atoms with Gasteiger partial charge in [-0.1, -0.05) is 12.1 Å². The van der Waals surface area contributed by atoms with Crippen LogP contribution in [-0.2, 0) is 0 Å². The van der Waals surface area contributed by atoms with Crippen molar-refractivity contribution >= 4 is 54.4 Å². The number of fused-ring (bicyclic) bond motifs is 1. The minimum Gasteiger partial charge on any atom is -0.320 e. The summed E-state index contributed by atoms with van der Waals surface area (Å²) < 4.78 is 1.41. The van der Waals surface area contributed by atoms with Crippen molar-refractivity contribution in [1.29, 1.82) is 0 Å². The van der Waals surface area contributed by atoms with E-state index in [1.54, 1.807) is 24.5 Å². The van der Waals surface area contributed by atoms with E-state index in [9.17, 15) is 4.79 Å². The van der Waals surface area contributed by atoms with Crippen LogP contribution in [0.25, 0.3) is 10.9 Å². The predicted molar refractivity (Wildman–Crippen MR) is 89.3 cm³/mol. The second-order valence-electron chi connectivity index (χ2n) is 4.33. The fraction of sp³-hybridized carbons (Fsp3) is 0. The summed E-state index contributed by atoms with van der Waals surface area (Å²) in [6, 6.07) is 11.0. The molecule has 0 radical (unpaired) electrons. The first kappa shape index (κ1) is 14.2. The van der Waals surface area contributed by atoms with E-state index in [4.69, 9.17) is 0 Å². The van der Waals surface area contributed by atoms with Gasteiger partial charge in [0.25, 0.3) is 5.91 Å². The molecule has 4 nitrogen and oxygen atoms in total. The Labute approximate surface area is 137 Å². The highest BCUT2D eigenvalue weighted by molar-refractivity contribution is 9.10. The monoisotopic (exact) mass is 405 g/mol. The molecule has 1 amide bonds. The van der Waals surface area contributed by atoms with Crippen LogP contribution < -0.4 is 5.32 Å². The maximum Gasteiger partial charge on any atom is 0.258 e. The number of pyridine rings is 2. The van der Waals surface area contributed by atoms with Crippen LogP contribution in [0.1, 0.15) is 10.4 Å². The fourth-order valence-electron chi connectivity index (χ4n) is 1.98. The van der Waals surface area contributed by atoms with Crippen molar-refractivity contribution in [2.24, 2.45) is 0 Å². The van der Waals surface area contributed by atoms with E-state index in [1.165, 1.54) is 0 Å². The molecule has 0 aliphatic heterocycles. The Hall–Kier alpha value is -1.79. The van der Waals surface area contributed by atoms with Gasteiger partial charge in [-0.25, -0.2) is 4.98 Å². The highest BCUT2D eigenvalue weighted by Gasteiger charge is 2.12. The number of carbonyl (C=O) groups excluding carboxylic acids is 1. The van der Waals surface area contributed by atoms with Gasteiger partial charge in [-0.15, -0.1) is 0 Å². The van der Waals surface area contributed by atoms with Gasteiger partial charge >= 0.3 is 0 Å². The Bertz CT molecular complexity index is 836. The van der Waals surface area contributed by atoms with E-state index in [-0.39, 0.29) is 5.91 Å². The predicted octanol–water partition coefficient (Wildman–Crippen LogP) is 4.41. The number of hydrogen-bond donors (Lipinski definition) is 1. The summed E-state index contributed by atoms with van der Waals surface area (Å²) in [5.74, 6) is -0.229. The molecule has 0 atom stereocenters. The minimum absolute atomic E-state index is 0.229. The summed E-state index contributed by atoms with van der Waals surface area (Å²) >= 11 is 6.67. The fourth-order valence-corrected chi connectivity index (χ4v) is 2.76. The number of para-hydroxylation sites is 1. The van der Waals surface area contributed by atoms with Gasteiger partial charge in [0.1, 0.15) is 4.60 Å². The number of aromatic nitrogens is 2. The third-order valence-electron chi connectivity index (χ3n) is 2.93. The third kappa shape index (κ3) is 2.96. The van der Waals surface area contributed by atoms with Gasteiger partial charge in [0.05, 0.1) is 16.8 Å². The van der Waals surface area contributed by atoms with E-state index in [1.807, 2.05) is 24.3 Å². The molecule has 6 heteroatoms. The van der Waals surface area contributed by atoms with Crippen LogP contribution in [0.4, 0.5) is 5.69 Å². The summed E-state index contributed by atoms with van der Waals surface area (Å²) in [4.78, 5) is 20.7. The first-order valence-corrected chi connectivity index (χ1v) is 7.70. The second kappa shape index (κ2) is 5.91. The maximum absolute atomic E-state index is 12.3. The van der Waals surface area contributed by atoms with Crippen LogP contribution in [0.2, 0.25) is 0 Å². The van der Waals surface area contributed by atoms with Crippen LogP contribution in [0.15, 0.2) is 57.9 Å². The van der Waals surface area contributed by atoms with Crippen LogP contribution in [0.5, 0.6) is 0 Å².